The van der Waals surface area contributed by atoms with E-state index in [0.29, 0.717) is 33.9 Å². The predicted octanol–water partition coefficient (Wildman–Crippen LogP) is 10.5. The topological polar surface area (TPSA) is 54.6 Å². The Balaban J connectivity index is 0.000000420. The highest BCUT2D eigenvalue weighted by atomic mass is 19.3. The number of nitrogens with one attached hydrogen (secondary N) is 1. The molecule has 5 rings (SSSR count). The highest BCUT2D eigenvalue weighted by Crippen LogP contribution is 2.51. The van der Waals surface area contributed by atoms with E-state index in [1.165, 1.54) is 45.2 Å². The van der Waals surface area contributed by atoms with Gasteiger partial charge in [0.15, 0.2) is 5.82 Å². The van der Waals surface area contributed by atoms with Crippen LogP contribution in [0.3, 0.4) is 0 Å². The van der Waals surface area contributed by atoms with Gasteiger partial charge in [0.25, 0.3) is 0 Å². The van der Waals surface area contributed by atoms with Gasteiger partial charge in [-0.2, -0.15) is 0 Å². The molecule has 3 aromatic rings. The van der Waals surface area contributed by atoms with Crippen molar-refractivity contribution in [2.45, 2.75) is 126 Å². The highest BCUT2D eigenvalue weighted by molar-refractivity contribution is 5.86. The van der Waals surface area contributed by atoms with Crippen LogP contribution in [0.1, 0.15) is 111 Å². The molecule has 42 heavy (non-hydrogen) atoms. The minimum absolute atomic E-state index is 0.0278. The molecule has 2 aliphatic rings. The van der Waals surface area contributed by atoms with E-state index in [4.69, 9.17) is 4.98 Å². The molecule has 2 aliphatic carbocycles. The minimum Gasteiger partial charge on any atom is -0.350 e. The number of hydrogen-bond acceptors (Lipinski definition) is 4. The molecule has 2 fully saturated rings. The number of alkyl halides is 2. The van der Waals surface area contributed by atoms with Crippen LogP contribution >= 0.6 is 0 Å². The predicted molar refractivity (Wildman–Crippen MR) is 170 cm³/mol. The zero-order chi connectivity index (χ0) is 31.2. The fraction of sp³-hybridized carbons (Fsp3) is 0.618. The standard InChI is InChI=1S/C26H32FN5.C5H12.C3H6F2/c1-16(2)28-22-7-6-19(14-17(22)3)23-21(27)15-32-24(23)18(4)29-25(31-32)30-20-8-12-26(13-9-20)10-5-11-26;1-5(2,3)4;1-2-3(4)5/h6-7,14-15,20H,5,8-13H2,1-4H3,(H,30,31);1-4H3;3H,2H2,1H3. The van der Waals surface area contributed by atoms with Crippen LogP contribution in [0.15, 0.2) is 29.4 Å². The first-order valence-corrected chi connectivity index (χ1v) is 15.3. The van der Waals surface area contributed by atoms with Gasteiger partial charge in [-0.25, -0.2) is 22.7 Å². The summed E-state index contributed by atoms with van der Waals surface area (Å²) in [4.78, 5) is 9.27. The number of aryl methyl sites for hydroxylation is 2. The summed E-state index contributed by atoms with van der Waals surface area (Å²) in [5.74, 6) is 0.303. The van der Waals surface area contributed by atoms with Gasteiger partial charge in [-0.3, -0.25) is 4.99 Å². The van der Waals surface area contributed by atoms with E-state index < -0.39 is 6.43 Å². The van der Waals surface area contributed by atoms with Crippen molar-refractivity contribution in [3.8, 4) is 11.1 Å². The third-order valence-corrected chi connectivity index (χ3v) is 7.69. The Morgan fingerprint density at radius 2 is 1.69 bits per heavy atom. The molecule has 232 valence electrons. The molecule has 8 heteroatoms. The van der Waals surface area contributed by atoms with Gasteiger partial charge in [0, 0.05) is 23.7 Å². The number of anilines is 1. The lowest BCUT2D eigenvalue weighted by molar-refractivity contribution is 0.0729. The number of nitrogens with zero attached hydrogens (tertiary/aromatic N) is 4. The summed E-state index contributed by atoms with van der Waals surface area (Å²) >= 11 is 0. The molecular weight excluding hydrogens is 535 g/mol. The summed E-state index contributed by atoms with van der Waals surface area (Å²) < 4.78 is 38.3. The van der Waals surface area contributed by atoms with Crippen molar-refractivity contribution in [2.75, 3.05) is 5.32 Å². The molecule has 0 unspecified atom stereocenters. The Morgan fingerprint density at radius 3 is 2.17 bits per heavy atom. The summed E-state index contributed by atoms with van der Waals surface area (Å²) in [7, 11) is 0. The zero-order valence-corrected chi connectivity index (χ0v) is 27.0. The van der Waals surface area contributed by atoms with Gasteiger partial charge in [-0.1, -0.05) is 47.1 Å². The fourth-order valence-electron chi connectivity index (χ4n) is 5.47. The maximum Gasteiger partial charge on any atom is 0.241 e. The SMILES string of the molecule is CC(C)(C)C.CC(C)=Nc1ccc(-c2c(F)cn3nc(NC4CCC5(CCC5)CC4)nc(C)c23)cc1C.CCC(F)F. The first-order chi connectivity index (χ1) is 19.6. The normalized spacial score (nSPS) is 16.3. The van der Waals surface area contributed by atoms with Crippen molar-refractivity contribution in [3.05, 3.63) is 41.5 Å². The Kier molecular flexibility index (Phi) is 11.2. The van der Waals surface area contributed by atoms with Crippen LogP contribution in [-0.4, -0.2) is 32.8 Å². The van der Waals surface area contributed by atoms with Crippen molar-refractivity contribution in [1.29, 1.82) is 0 Å². The molecule has 1 aromatic carbocycles. The lowest BCUT2D eigenvalue weighted by Gasteiger charge is -2.47. The summed E-state index contributed by atoms with van der Waals surface area (Å²) in [5.41, 5.74) is 6.91. The maximum atomic E-state index is 15.1. The summed E-state index contributed by atoms with van der Waals surface area (Å²) in [6, 6.07) is 6.27. The smallest absolute Gasteiger partial charge is 0.241 e. The Bertz CT molecular complexity index is 1350. The van der Waals surface area contributed by atoms with Crippen LogP contribution in [0, 0.1) is 30.5 Å². The molecule has 5 nitrogen and oxygen atoms in total. The van der Waals surface area contributed by atoms with E-state index in [-0.39, 0.29) is 12.2 Å². The third-order valence-electron chi connectivity index (χ3n) is 7.69. The van der Waals surface area contributed by atoms with Crippen molar-refractivity contribution in [1.82, 2.24) is 14.6 Å². The van der Waals surface area contributed by atoms with Gasteiger partial charge in [0.05, 0.1) is 23.1 Å². The second kappa shape index (κ2) is 14.0. The number of hydrogen-bond donors (Lipinski definition) is 1. The summed E-state index contributed by atoms with van der Waals surface area (Å²) in [5, 5.41) is 8.14. The molecule has 0 aliphatic heterocycles. The monoisotopic (exact) mass is 585 g/mol. The molecule has 2 heterocycles. The lowest BCUT2D eigenvalue weighted by atomic mass is 9.60. The molecule has 0 atom stereocenters. The Labute approximate surface area is 250 Å². The molecule has 0 amide bonds. The van der Waals surface area contributed by atoms with Gasteiger partial charge >= 0.3 is 0 Å². The average molecular weight is 586 g/mol. The molecule has 0 bridgehead atoms. The maximum absolute atomic E-state index is 15.1. The summed E-state index contributed by atoms with van der Waals surface area (Å²) in [6.07, 6.45) is 8.44. The van der Waals surface area contributed by atoms with E-state index >= 15 is 4.39 Å². The van der Waals surface area contributed by atoms with E-state index in [9.17, 15) is 8.78 Å². The second-order valence-electron chi connectivity index (χ2n) is 13.8. The van der Waals surface area contributed by atoms with Crippen LogP contribution in [0.2, 0.25) is 0 Å². The molecular formula is C34H50F3N5. The van der Waals surface area contributed by atoms with Gasteiger partial charge in [0.2, 0.25) is 12.4 Å². The van der Waals surface area contributed by atoms with Gasteiger partial charge in [0.1, 0.15) is 0 Å². The zero-order valence-electron chi connectivity index (χ0n) is 27.0. The van der Waals surface area contributed by atoms with Crippen molar-refractivity contribution < 1.29 is 13.2 Å². The van der Waals surface area contributed by atoms with Crippen molar-refractivity contribution in [3.63, 3.8) is 0 Å². The van der Waals surface area contributed by atoms with Crippen LogP contribution in [-0.2, 0) is 0 Å². The van der Waals surface area contributed by atoms with Crippen LogP contribution in [0.25, 0.3) is 16.6 Å². The van der Waals surface area contributed by atoms with E-state index in [1.54, 1.807) is 4.52 Å². The van der Waals surface area contributed by atoms with E-state index in [2.05, 4.69) is 43.1 Å². The lowest BCUT2D eigenvalue weighted by Crippen LogP contribution is -2.38. The number of aliphatic imine (C=N–C) groups is 1. The quantitative estimate of drug-likeness (QED) is 0.303. The van der Waals surface area contributed by atoms with Crippen LogP contribution in [0.4, 0.5) is 24.8 Å². The summed E-state index contributed by atoms with van der Waals surface area (Å²) in [6.45, 7) is 18.1. The Hall–Kier alpha value is -2.90. The van der Waals surface area contributed by atoms with E-state index in [0.717, 1.165) is 41.1 Å². The third kappa shape index (κ3) is 9.30. The minimum atomic E-state index is -2.12. The Morgan fingerprint density at radius 1 is 1.10 bits per heavy atom. The van der Waals surface area contributed by atoms with Crippen LogP contribution < -0.4 is 5.32 Å². The van der Waals surface area contributed by atoms with Gasteiger partial charge in [-0.15, -0.1) is 5.10 Å². The number of fused-ring (bicyclic) bond motifs is 1. The number of halogens is 3. The van der Waals surface area contributed by atoms with Crippen molar-refractivity contribution >= 4 is 22.9 Å². The van der Waals surface area contributed by atoms with Crippen LogP contribution in [0.5, 0.6) is 0 Å². The first kappa shape index (κ1) is 33.6. The average Bonchev–Trinajstić information content (AvgIpc) is 3.20. The molecule has 2 aromatic heterocycles. The largest absolute Gasteiger partial charge is 0.350 e. The van der Waals surface area contributed by atoms with Gasteiger partial charge < -0.3 is 5.32 Å². The first-order valence-electron chi connectivity index (χ1n) is 15.3. The van der Waals surface area contributed by atoms with E-state index in [1.807, 2.05) is 45.9 Å². The molecule has 0 radical (unpaired) electrons. The second-order valence-corrected chi connectivity index (χ2v) is 13.8. The number of benzene rings is 1. The number of aromatic nitrogens is 3. The molecule has 0 saturated heterocycles. The highest BCUT2D eigenvalue weighted by Gasteiger charge is 2.40. The van der Waals surface area contributed by atoms with Gasteiger partial charge in [-0.05, 0) is 100 Å². The molecule has 2 saturated carbocycles. The molecule has 1 spiro atoms. The number of rotatable bonds is 5. The van der Waals surface area contributed by atoms with Crippen molar-refractivity contribution in [2.24, 2.45) is 15.8 Å². The molecule has 1 N–H and O–H groups in total. The fourth-order valence-corrected chi connectivity index (χ4v) is 5.47.